The number of ketones is 1. The highest BCUT2D eigenvalue weighted by Crippen LogP contribution is 2.30. The van der Waals surface area contributed by atoms with E-state index in [9.17, 15) is 0 Å². The Balaban J connectivity index is 2.15. The lowest BCUT2D eigenvalue weighted by Crippen LogP contribution is -1.99. The fourth-order valence-electron chi connectivity index (χ4n) is 2.83. The van der Waals surface area contributed by atoms with Crippen LogP contribution in [-0.2, 0) is 4.42 Å². The van der Waals surface area contributed by atoms with Gasteiger partial charge in [-0.15, -0.1) is 0 Å². The van der Waals surface area contributed by atoms with E-state index in [1.54, 1.807) is 7.11 Å². The summed E-state index contributed by atoms with van der Waals surface area (Å²) in [6.07, 6.45) is 11.9. The van der Waals surface area contributed by atoms with Crippen molar-refractivity contribution in [3.05, 3.63) is 114 Å². The molecular weight excluding hydrogens is 304 g/mol. The van der Waals surface area contributed by atoms with Crippen LogP contribution in [0.25, 0.3) is 17.7 Å². The summed E-state index contributed by atoms with van der Waals surface area (Å²) in [6.45, 7) is 7.66. The summed E-state index contributed by atoms with van der Waals surface area (Å²) >= 11 is 0. The molecule has 0 heterocycles. The van der Waals surface area contributed by atoms with Gasteiger partial charge in [0.15, 0.2) is 0 Å². The summed E-state index contributed by atoms with van der Waals surface area (Å²) in [6, 6.07) is 16.9. The third-order valence-electron chi connectivity index (χ3n) is 4.25. The van der Waals surface area contributed by atoms with Gasteiger partial charge < -0.3 is 0 Å². The van der Waals surface area contributed by atoms with Gasteiger partial charge in [0.2, 0.25) is 0 Å². The minimum Gasteiger partial charge on any atom is -0.258 e. The average molecular weight is 325 g/mol. The van der Waals surface area contributed by atoms with Crippen molar-refractivity contribution in [2.75, 3.05) is 7.11 Å². The molecule has 0 atom stereocenters. The molecule has 2 aromatic rings. The van der Waals surface area contributed by atoms with E-state index >= 15 is 0 Å². The second-order valence-corrected chi connectivity index (χ2v) is 5.76. The van der Waals surface area contributed by atoms with Crippen molar-refractivity contribution in [1.29, 1.82) is 0 Å². The first-order valence-corrected chi connectivity index (χ1v) is 8.22. The second kappa shape index (κ2) is 7.59. The monoisotopic (exact) mass is 325 g/mol. The fraction of sp³-hybridized carbons (Fsp3) is 0.0417. The van der Waals surface area contributed by atoms with Gasteiger partial charge in [0, 0.05) is 12.2 Å². The standard InChI is InChI=1S/C24H21O/c1-4-18-6-10-20(11-7-18)24(21-12-8-19(5-2)9-13-21)22-14-16-23(25-3)17-15-22/h4-17H,1-2H2,3H3/q+1. The minimum absolute atomic E-state index is 0.854. The number of benzene rings is 2. The molecule has 122 valence electrons. The zero-order chi connectivity index (χ0) is 17.6. The van der Waals surface area contributed by atoms with Crippen LogP contribution < -0.4 is 0 Å². The van der Waals surface area contributed by atoms with Gasteiger partial charge >= 0.3 is 5.78 Å². The zero-order valence-electron chi connectivity index (χ0n) is 14.4. The first-order valence-electron chi connectivity index (χ1n) is 8.22. The summed E-state index contributed by atoms with van der Waals surface area (Å²) in [5.41, 5.74) is 6.90. The van der Waals surface area contributed by atoms with Crippen LogP contribution in [0.5, 0.6) is 0 Å². The Morgan fingerprint density at radius 3 is 1.52 bits per heavy atom. The Kier molecular flexibility index (Phi) is 5.06. The van der Waals surface area contributed by atoms with Crippen LogP contribution in [0.1, 0.15) is 22.3 Å². The molecule has 1 nitrogen and oxygen atoms in total. The van der Waals surface area contributed by atoms with Crippen LogP contribution in [0, 0.1) is 0 Å². The Labute approximate surface area is 149 Å². The molecule has 0 amide bonds. The Morgan fingerprint density at radius 2 is 1.16 bits per heavy atom. The number of rotatable bonds is 4. The molecule has 0 bridgehead atoms. The highest BCUT2D eigenvalue weighted by Gasteiger charge is 2.13. The van der Waals surface area contributed by atoms with E-state index in [0.717, 1.165) is 22.5 Å². The molecule has 1 aliphatic carbocycles. The zero-order valence-corrected chi connectivity index (χ0v) is 14.4. The van der Waals surface area contributed by atoms with Gasteiger partial charge in [0.05, 0.1) is 0 Å². The van der Waals surface area contributed by atoms with Gasteiger partial charge in [-0.05, 0) is 45.6 Å². The molecule has 0 N–H and O–H groups in total. The third kappa shape index (κ3) is 3.67. The van der Waals surface area contributed by atoms with E-state index in [4.69, 9.17) is 4.42 Å². The van der Waals surface area contributed by atoms with E-state index < -0.39 is 0 Å². The fourth-order valence-corrected chi connectivity index (χ4v) is 2.83. The molecule has 0 aromatic heterocycles. The lowest BCUT2D eigenvalue weighted by molar-refractivity contribution is -0.417. The maximum Gasteiger partial charge on any atom is 0.343 e. The summed E-state index contributed by atoms with van der Waals surface area (Å²) < 4.78 is 5.29. The predicted molar refractivity (Wildman–Crippen MR) is 108 cm³/mol. The molecule has 1 heteroatoms. The molecule has 0 saturated heterocycles. The Morgan fingerprint density at radius 1 is 0.720 bits per heavy atom. The van der Waals surface area contributed by atoms with E-state index in [1.807, 2.05) is 24.3 Å². The van der Waals surface area contributed by atoms with Gasteiger partial charge in [-0.3, -0.25) is 4.42 Å². The van der Waals surface area contributed by atoms with Crippen molar-refractivity contribution in [2.45, 2.75) is 0 Å². The molecule has 2 aromatic carbocycles. The van der Waals surface area contributed by atoms with Gasteiger partial charge in [-0.25, -0.2) is 0 Å². The summed E-state index contributed by atoms with van der Waals surface area (Å²) in [7, 11) is 1.68. The quantitative estimate of drug-likeness (QED) is 0.645. The van der Waals surface area contributed by atoms with Gasteiger partial charge in [0.25, 0.3) is 7.11 Å². The van der Waals surface area contributed by atoms with Gasteiger partial charge in [-0.2, -0.15) is 0 Å². The largest absolute Gasteiger partial charge is 0.343 e. The Hall–Kier alpha value is -3.19. The van der Waals surface area contributed by atoms with Crippen LogP contribution >= 0.6 is 0 Å². The van der Waals surface area contributed by atoms with Crippen molar-refractivity contribution in [2.24, 2.45) is 0 Å². The minimum atomic E-state index is 0.854. The number of allylic oxidation sites excluding steroid dienone is 5. The first-order chi connectivity index (χ1) is 12.2. The van der Waals surface area contributed by atoms with E-state index in [0.29, 0.717) is 0 Å². The highest BCUT2D eigenvalue weighted by molar-refractivity contribution is 6.03. The average Bonchev–Trinajstić information content (AvgIpc) is 2.70. The van der Waals surface area contributed by atoms with E-state index in [2.05, 4.69) is 73.8 Å². The SMILES string of the molecule is C=Cc1ccc(C(=C2C=CC(=[O+]C)C=C2)c2ccc(C=C)cc2)cc1. The van der Waals surface area contributed by atoms with Crippen molar-refractivity contribution in [3.63, 3.8) is 0 Å². The first kappa shape index (κ1) is 16.7. The number of carbonyl (C=O) groups excluding carboxylic acids is 1. The van der Waals surface area contributed by atoms with Crippen LogP contribution in [-0.4, -0.2) is 12.9 Å². The summed E-state index contributed by atoms with van der Waals surface area (Å²) in [5.74, 6) is 0.854. The third-order valence-corrected chi connectivity index (χ3v) is 4.25. The topological polar surface area (TPSA) is 11.3 Å². The molecule has 1 aliphatic rings. The maximum absolute atomic E-state index is 5.29. The number of hydrogen-bond acceptors (Lipinski definition) is 0. The van der Waals surface area contributed by atoms with Crippen LogP contribution in [0.15, 0.2) is 91.6 Å². The molecule has 3 rings (SSSR count). The second-order valence-electron chi connectivity index (χ2n) is 5.76. The molecule has 0 saturated carbocycles. The highest BCUT2D eigenvalue weighted by atomic mass is 16.4. The lowest BCUT2D eigenvalue weighted by atomic mass is 9.90. The molecular formula is C24H21O+. The molecule has 0 radical (unpaired) electrons. The van der Waals surface area contributed by atoms with Crippen molar-refractivity contribution >= 4 is 23.5 Å². The van der Waals surface area contributed by atoms with Crippen LogP contribution in [0.3, 0.4) is 0 Å². The van der Waals surface area contributed by atoms with E-state index in [1.165, 1.54) is 16.7 Å². The molecule has 0 fully saturated rings. The molecule has 0 aliphatic heterocycles. The predicted octanol–water partition coefficient (Wildman–Crippen LogP) is 5.64. The molecule has 0 unspecified atom stereocenters. The molecule has 0 spiro atoms. The van der Waals surface area contributed by atoms with Crippen LogP contribution in [0.4, 0.5) is 0 Å². The smallest absolute Gasteiger partial charge is 0.258 e. The van der Waals surface area contributed by atoms with E-state index in [-0.39, 0.29) is 0 Å². The molecule has 25 heavy (non-hydrogen) atoms. The maximum atomic E-state index is 5.29. The Bertz CT molecular complexity index is 830. The van der Waals surface area contributed by atoms with Crippen LogP contribution in [0.2, 0.25) is 0 Å². The van der Waals surface area contributed by atoms with Gasteiger partial charge in [0.1, 0.15) is 0 Å². The number of hydrogen-bond donors (Lipinski definition) is 0. The van der Waals surface area contributed by atoms with Crippen molar-refractivity contribution < 1.29 is 4.42 Å². The summed E-state index contributed by atoms with van der Waals surface area (Å²) in [5, 5.41) is 0. The van der Waals surface area contributed by atoms with Crippen molar-refractivity contribution in [1.82, 2.24) is 0 Å². The van der Waals surface area contributed by atoms with Crippen molar-refractivity contribution in [3.8, 4) is 0 Å². The summed E-state index contributed by atoms with van der Waals surface area (Å²) in [4.78, 5) is 0. The van der Waals surface area contributed by atoms with Gasteiger partial charge in [-0.1, -0.05) is 73.8 Å². The normalized spacial score (nSPS) is 12.8. The lowest BCUT2D eigenvalue weighted by Gasteiger charge is -2.13.